The van der Waals surface area contributed by atoms with Crippen LogP contribution in [-0.4, -0.2) is 11.5 Å². The van der Waals surface area contributed by atoms with Gasteiger partial charge in [0.25, 0.3) is 0 Å². The number of nitrogens with zero attached hydrogens (tertiary/aromatic N) is 1. The zero-order valence-electron chi connectivity index (χ0n) is 10.7. The van der Waals surface area contributed by atoms with Crippen LogP contribution in [-0.2, 0) is 5.33 Å². The first-order valence-corrected chi connectivity index (χ1v) is 7.20. The maximum absolute atomic E-state index is 10.9. The fraction of sp³-hybridized carbons (Fsp3) is 0.538. The number of hydrogen-bond acceptors (Lipinski definition) is 3. The molecule has 0 spiro atoms. The van der Waals surface area contributed by atoms with E-state index in [4.69, 9.17) is 4.74 Å². The van der Waals surface area contributed by atoms with Crippen LogP contribution in [0.1, 0.15) is 32.3 Å². The number of nitro benzene ring substituents is 1. The zero-order chi connectivity index (χ0) is 13.5. The molecule has 0 amide bonds. The van der Waals surface area contributed by atoms with E-state index in [1.807, 2.05) is 0 Å². The summed E-state index contributed by atoms with van der Waals surface area (Å²) in [6.07, 6.45) is 2.03. The zero-order valence-corrected chi connectivity index (χ0v) is 12.3. The molecule has 0 aromatic heterocycles. The van der Waals surface area contributed by atoms with Gasteiger partial charge >= 0.3 is 5.69 Å². The van der Waals surface area contributed by atoms with Crippen molar-refractivity contribution in [3.8, 4) is 5.75 Å². The molecule has 18 heavy (non-hydrogen) atoms. The van der Waals surface area contributed by atoms with E-state index in [9.17, 15) is 10.1 Å². The molecule has 5 heteroatoms. The highest BCUT2D eigenvalue weighted by Crippen LogP contribution is 2.29. The minimum atomic E-state index is -0.403. The number of nitro groups is 1. The Kier molecular flexibility index (Phi) is 6.12. The average molecular weight is 316 g/mol. The Bertz CT molecular complexity index is 405. The molecular formula is C13H18BrNO3. The lowest BCUT2D eigenvalue weighted by atomic mass is 10.1. The van der Waals surface area contributed by atoms with Crippen LogP contribution in [0.4, 0.5) is 5.69 Å². The van der Waals surface area contributed by atoms with E-state index in [-0.39, 0.29) is 5.69 Å². The molecule has 0 saturated carbocycles. The van der Waals surface area contributed by atoms with Crippen LogP contribution in [0.15, 0.2) is 18.2 Å². The summed E-state index contributed by atoms with van der Waals surface area (Å²) in [5, 5.41) is 11.6. The summed E-state index contributed by atoms with van der Waals surface area (Å²) < 4.78 is 5.62. The van der Waals surface area contributed by atoms with Crippen molar-refractivity contribution < 1.29 is 9.66 Å². The molecule has 4 nitrogen and oxygen atoms in total. The number of alkyl halides is 1. The Morgan fingerprint density at radius 2 is 2.06 bits per heavy atom. The number of halogens is 1. The van der Waals surface area contributed by atoms with Crippen LogP contribution in [0.3, 0.4) is 0 Å². The maximum Gasteiger partial charge on any atom is 0.310 e. The van der Waals surface area contributed by atoms with Gasteiger partial charge in [-0.2, -0.15) is 0 Å². The number of benzene rings is 1. The van der Waals surface area contributed by atoms with E-state index >= 15 is 0 Å². The molecule has 0 aliphatic carbocycles. The van der Waals surface area contributed by atoms with Gasteiger partial charge in [0.15, 0.2) is 5.75 Å². The van der Waals surface area contributed by atoms with Crippen molar-refractivity contribution in [2.45, 2.75) is 32.0 Å². The van der Waals surface area contributed by atoms with E-state index in [2.05, 4.69) is 29.8 Å². The van der Waals surface area contributed by atoms with Crippen molar-refractivity contribution >= 4 is 21.6 Å². The van der Waals surface area contributed by atoms with Gasteiger partial charge in [0.1, 0.15) is 0 Å². The highest BCUT2D eigenvalue weighted by molar-refractivity contribution is 9.08. The Morgan fingerprint density at radius 3 is 2.56 bits per heavy atom. The normalized spacial score (nSPS) is 10.7. The SMILES string of the molecule is CCC(CC)COc1cc(CBr)ccc1[N+](=O)[O-]. The molecule has 0 fully saturated rings. The topological polar surface area (TPSA) is 52.4 Å². The van der Waals surface area contributed by atoms with Crippen molar-refractivity contribution in [1.29, 1.82) is 0 Å². The Hall–Kier alpha value is -1.10. The van der Waals surface area contributed by atoms with Crippen LogP contribution in [0.5, 0.6) is 5.75 Å². The predicted octanol–water partition coefficient (Wildman–Crippen LogP) is 4.30. The summed E-state index contributed by atoms with van der Waals surface area (Å²) in [5.74, 6) is 0.807. The third-order valence-corrected chi connectivity index (χ3v) is 3.65. The molecule has 0 atom stereocenters. The summed E-state index contributed by atoms with van der Waals surface area (Å²) in [5.41, 5.74) is 1.01. The molecule has 100 valence electrons. The molecule has 0 heterocycles. The van der Waals surface area contributed by atoms with Gasteiger partial charge in [0.2, 0.25) is 0 Å². The predicted molar refractivity (Wildman–Crippen MR) is 75.3 cm³/mol. The average Bonchev–Trinajstić information content (AvgIpc) is 2.39. The van der Waals surface area contributed by atoms with E-state index < -0.39 is 4.92 Å². The third kappa shape index (κ3) is 3.98. The van der Waals surface area contributed by atoms with Crippen molar-refractivity contribution in [1.82, 2.24) is 0 Å². The largest absolute Gasteiger partial charge is 0.487 e. The summed E-state index contributed by atoms with van der Waals surface area (Å²) in [7, 11) is 0. The first kappa shape index (κ1) is 15.0. The van der Waals surface area contributed by atoms with Gasteiger partial charge < -0.3 is 4.74 Å². The summed E-state index contributed by atoms with van der Waals surface area (Å²) >= 11 is 3.34. The lowest BCUT2D eigenvalue weighted by molar-refractivity contribution is -0.385. The molecule has 0 radical (unpaired) electrons. The minimum absolute atomic E-state index is 0.0330. The molecule has 0 N–H and O–H groups in total. The first-order valence-electron chi connectivity index (χ1n) is 6.08. The molecule has 0 unspecified atom stereocenters. The highest BCUT2D eigenvalue weighted by atomic mass is 79.9. The van der Waals surface area contributed by atoms with Crippen molar-refractivity contribution in [2.75, 3.05) is 6.61 Å². The molecular weight excluding hydrogens is 298 g/mol. The van der Waals surface area contributed by atoms with E-state index in [0.717, 1.165) is 18.4 Å². The first-order chi connectivity index (χ1) is 8.62. The maximum atomic E-state index is 10.9. The molecule has 0 bridgehead atoms. The van der Waals surface area contributed by atoms with E-state index in [1.54, 1.807) is 12.1 Å². The minimum Gasteiger partial charge on any atom is -0.487 e. The Morgan fingerprint density at radius 1 is 1.39 bits per heavy atom. The van der Waals surface area contributed by atoms with Gasteiger partial charge in [-0.25, -0.2) is 0 Å². The lowest BCUT2D eigenvalue weighted by Crippen LogP contribution is -2.11. The molecule has 0 saturated heterocycles. The van der Waals surface area contributed by atoms with Crippen LogP contribution < -0.4 is 4.74 Å². The standard InChI is InChI=1S/C13H18BrNO3/c1-3-10(4-2)9-18-13-7-11(8-14)5-6-12(13)15(16)17/h5-7,10H,3-4,8-9H2,1-2H3. The fourth-order valence-corrected chi connectivity index (χ4v) is 1.99. The Labute approximate surface area is 116 Å². The third-order valence-electron chi connectivity index (χ3n) is 3.00. The number of hydrogen-bond donors (Lipinski definition) is 0. The fourth-order valence-electron chi connectivity index (χ4n) is 1.64. The second kappa shape index (κ2) is 7.36. The smallest absolute Gasteiger partial charge is 0.310 e. The monoisotopic (exact) mass is 315 g/mol. The quantitative estimate of drug-likeness (QED) is 0.428. The highest BCUT2D eigenvalue weighted by Gasteiger charge is 2.16. The molecule has 0 aliphatic rings. The van der Waals surface area contributed by atoms with Gasteiger partial charge in [-0.3, -0.25) is 10.1 Å². The number of rotatable bonds is 7. The summed E-state index contributed by atoms with van der Waals surface area (Å²) in [4.78, 5) is 10.5. The van der Waals surface area contributed by atoms with Gasteiger partial charge in [-0.15, -0.1) is 0 Å². The van der Waals surface area contributed by atoms with Crippen LogP contribution in [0.25, 0.3) is 0 Å². The van der Waals surface area contributed by atoms with Gasteiger partial charge in [-0.05, 0) is 17.5 Å². The number of ether oxygens (including phenoxy) is 1. The lowest BCUT2D eigenvalue weighted by Gasteiger charge is -2.14. The molecule has 1 aromatic rings. The summed E-state index contributed by atoms with van der Waals surface area (Å²) in [6, 6.07) is 4.96. The molecule has 1 rings (SSSR count). The summed E-state index contributed by atoms with van der Waals surface area (Å²) in [6.45, 7) is 4.72. The Balaban J connectivity index is 2.87. The van der Waals surface area contributed by atoms with Gasteiger partial charge in [-0.1, -0.05) is 48.7 Å². The molecule has 0 aliphatic heterocycles. The van der Waals surface area contributed by atoms with E-state index in [1.165, 1.54) is 6.07 Å². The van der Waals surface area contributed by atoms with Gasteiger partial charge in [0, 0.05) is 11.4 Å². The second-order valence-electron chi connectivity index (χ2n) is 4.19. The second-order valence-corrected chi connectivity index (χ2v) is 4.75. The van der Waals surface area contributed by atoms with Crippen molar-refractivity contribution in [3.05, 3.63) is 33.9 Å². The molecule has 1 aromatic carbocycles. The van der Waals surface area contributed by atoms with Crippen LogP contribution >= 0.6 is 15.9 Å². The van der Waals surface area contributed by atoms with Crippen molar-refractivity contribution in [3.63, 3.8) is 0 Å². The van der Waals surface area contributed by atoms with E-state index in [0.29, 0.717) is 23.6 Å². The van der Waals surface area contributed by atoms with Crippen LogP contribution in [0.2, 0.25) is 0 Å². The van der Waals surface area contributed by atoms with Crippen LogP contribution in [0, 0.1) is 16.0 Å². The van der Waals surface area contributed by atoms with Gasteiger partial charge in [0.05, 0.1) is 11.5 Å². The van der Waals surface area contributed by atoms with Crippen molar-refractivity contribution in [2.24, 2.45) is 5.92 Å².